The van der Waals surface area contributed by atoms with E-state index >= 15 is 4.79 Å². The molecule has 0 saturated carbocycles. The third-order valence-corrected chi connectivity index (χ3v) is 12.8. The van der Waals surface area contributed by atoms with Gasteiger partial charge in [0.25, 0.3) is 0 Å². The third kappa shape index (κ3) is 16.7. The number of hydrogen-bond donors (Lipinski definition) is 5. The van der Waals surface area contributed by atoms with E-state index in [4.69, 9.17) is 19.2 Å². The topological polar surface area (TPSA) is 211 Å². The quantitative estimate of drug-likeness (QED) is 0.0709. The Hall–Kier alpha value is -5.66. The van der Waals surface area contributed by atoms with Gasteiger partial charge in [0.05, 0.1) is 11.6 Å². The second-order valence-corrected chi connectivity index (χ2v) is 22.1. The largest absolute Gasteiger partial charge is 0.444 e. The Morgan fingerprint density at radius 2 is 1.41 bits per heavy atom. The number of unbranched alkanes of at least 4 members (excludes halogenated alkanes) is 1. The number of pyridine rings is 1. The van der Waals surface area contributed by atoms with Crippen molar-refractivity contribution in [1.82, 2.24) is 41.0 Å². The number of likely N-dealkylation sites (N-methyl/N-ethyl adjacent to an activating group) is 1. The van der Waals surface area contributed by atoms with Crippen molar-refractivity contribution in [1.29, 1.82) is 0 Å². The Bertz CT molecular complexity index is 2500. The lowest BCUT2D eigenvalue weighted by Gasteiger charge is -2.32. The summed E-state index contributed by atoms with van der Waals surface area (Å²) < 4.78 is 18.7. The van der Waals surface area contributed by atoms with Gasteiger partial charge in [0.15, 0.2) is 0 Å². The number of amides is 5. The second-order valence-electron chi connectivity index (χ2n) is 20.2. The van der Waals surface area contributed by atoms with Crippen LogP contribution >= 0.6 is 27.7 Å². The molecule has 0 spiro atoms. The molecule has 0 saturated heterocycles. The molecule has 3 atom stereocenters. The number of carbonyl (C=O) groups excluding carboxylic acids is 6. The van der Waals surface area contributed by atoms with Crippen LogP contribution in [0.3, 0.4) is 0 Å². The van der Waals surface area contributed by atoms with Crippen molar-refractivity contribution in [2.75, 3.05) is 20.1 Å². The molecule has 70 heavy (non-hydrogen) atoms. The van der Waals surface area contributed by atoms with Crippen molar-refractivity contribution < 1.29 is 43.0 Å². The summed E-state index contributed by atoms with van der Waals surface area (Å²) in [6, 6.07) is 13.7. The SMILES string of the molecule is CN1C(=O)C(CCCCNC(=O)OC(C)(C)C)NC(=O)[C@H](CCCNC(=O)OC(C)(C)C)NCc2cccnc2Sc2cccc(Br)c2CNC(=O)[C@@H]1Cc1cn(C(=O)OC(C)(C)C)c2ccccc12. The summed E-state index contributed by atoms with van der Waals surface area (Å²) in [6.07, 6.45) is 3.25. The van der Waals surface area contributed by atoms with Crippen molar-refractivity contribution in [2.24, 2.45) is 0 Å². The van der Waals surface area contributed by atoms with Gasteiger partial charge in [-0.3, -0.25) is 19.0 Å². The molecule has 0 aliphatic carbocycles. The van der Waals surface area contributed by atoms with Gasteiger partial charge < -0.3 is 45.7 Å². The molecule has 1 unspecified atom stereocenters. The van der Waals surface area contributed by atoms with Gasteiger partial charge in [0.2, 0.25) is 17.7 Å². The summed E-state index contributed by atoms with van der Waals surface area (Å²) in [4.78, 5) is 90.0. The predicted octanol–water partition coefficient (Wildman–Crippen LogP) is 8.38. The van der Waals surface area contributed by atoms with E-state index in [-0.39, 0.29) is 45.4 Å². The molecule has 17 nitrogen and oxygen atoms in total. The van der Waals surface area contributed by atoms with Crippen LogP contribution in [-0.4, -0.2) is 106 Å². The summed E-state index contributed by atoms with van der Waals surface area (Å²) in [5, 5.41) is 16.4. The van der Waals surface area contributed by atoms with Crippen molar-refractivity contribution in [3.63, 3.8) is 0 Å². The van der Waals surface area contributed by atoms with Crippen molar-refractivity contribution in [3.8, 4) is 0 Å². The Kier molecular flexibility index (Phi) is 19.3. The fourth-order valence-electron chi connectivity index (χ4n) is 7.62. The second kappa shape index (κ2) is 24.4. The summed E-state index contributed by atoms with van der Waals surface area (Å²) in [7, 11) is 1.54. The maximum absolute atomic E-state index is 15.1. The van der Waals surface area contributed by atoms with E-state index in [0.717, 1.165) is 20.5 Å². The van der Waals surface area contributed by atoms with Gasteiger partial charge in [0, 0.05) is 66.8 Å². The fraction of sp³-hybridized carbons (Fsp3) is 0.510. The molecule has 0 bridgehead atoms. The minimum absolute atomic E-state index is 0.00541. The van der Waals surface area contributed by atoms with Gasteiger partial charge in [-0.05, 0) is 135 Å². The molecule has 5 amide bonds. The number of halogens is 1. The highest BCUT2D eigenvalue weighted by Gasteiger charge is 2.35. The van der Waals surface area contributed by atoms with Crippen LogP contribution in [0.15, 0.2) is 81.4 Å². The maximum Gasteiger partial charge on any atom is 0.419 e. The summed E-state index contributed by atoms with van der Waals surface area (Å²) in [5.74, 6) is -1.46. The van der Waals surface area contributed by atoms with E-state index in [9.17, 15) is 24.0 Å². The smallest absolute Gasteiger partial charge is 0.419 e. The fourth-order valence-corrected chi connectivity index (χ4v) is 9.30. The lowest BCUT2D eigenvalue weighted by molar-refractivity contribution is -0.142. The molecule has 1 aliphatic rings. The van der Waals surface area contributed by atoms with Crippen molar-refractivity contribution >= 4 is 74.6 Å². The number of aromatic nitrogens is 2. The number of alkyl carbamates (subject to hydrolysis) is 2. The Morgan fingerprint density at radius 1 is 0.771 bits per heavy atom. The molecule has 380 valence electrons. The van der Waals surface area contributed by atoms with Crippen LogP contribution < -0.4 is 26.6 Å². The zero-order chi connectivity index (χ0) is 51.4. The number of carbonyl (C=O) groups is 6. The first-order valence-corrected chi connectivity index (χ1v) is 25.2. The lowest BCUT2D eigenvalue weighted by atomic mass is 10.0. The Morgan fingerprint density at radius 3 is 2.09 bits per heavy atom. The van der Waals surface area contributed by atoms with Crippen LogP contribution in [-0.2, 0) is 48.1 Å². The number of fused-ring (bicyclic) bond motifs is 3. The molecule has 1 aliphatic heterocycles. The van der Waals surface area contributed by atoms with E-state index < -0.39 is 70.9 Å². The zero-order valence-electron chi connectivity index (χ0n) is 42.0. The highest BCUT2D eigenvalue weighted by atomic mass is 79.9. The molecule has 2 aromatic carbocycles. The van der Waals surface area contributed by atoms with E-state index in [2.05, 4.69) is 42.5 Å². The summed E-state index contributed by atoms with van der Waals surface area (Å²) in [6.45, 7) is 16.8. The molecular weight excluding hydrogens is 981 g/mol. The van der Waals surface area contributed by atoms with Crippen molar-refractivity contribution in [3.05, 3.63) is 88.2 Å². The minimum Gasteiger partial charge on any atom is -0.444 e. The molecule has 4 aromatic rings. The van der Waals surface area contributed by atoms with Gasteiger partial charge in [-0.15, -0.1) is 0 Å². The normalized spacial score (nSPS) is 17.6. The number of rotatable bonds is 11. The number of ether oxygens (including phenoxy) is 3. The molecular formula is C51H69BrN8O9S. The number of nitrogens with one attached hydrogen (secondary N) is 5. The van der Waals surface area contributed by atoms with Gasteiger partial charge in [-0.25, -0.2) is 19.4 Å². The number of hydrogen-bond acceptors (Lipinski definition) is 12. The van der Waals surface area contributed by atoms with Gasteiger partial charge >= 0.3 is 18.3 Å². The first kappa shape index (κ1) is 55.3. The molecule has 3 heterocycles. The molecule has 5 rings (SSSR count). The van der Waals surface area contributed by atoms with Crippen molar-refractivity contribution in [2.45, 2.75) is 159 Å². The first-order valence-electron chi connectivity index (χ1n) is 23.6. The highest BCUT2D eigenvalue weighted by molar-refractivity contribution is 9.10. The molecule has 0 radical (unpaired) electrons. The van der Waals surface area contributed by atoms with E-state index in [1.165, 1.54) is 28.3 Å². The zero-order valence-corrected chi connectivity index (χ0v) is 44.4. The van der Waals surface area contributed by atoms with Crippen LogP contribution in [0.5, 0.6) is 0 Å². The predicted molar refractivity (Wildman–Crippen MR) is 272 cm³/mol. The standard InChI is InChI=1S/C51H69BrN8O9S/c1-49(2,3)67-46(64)54-25-14-13-21-38-45(63)59(10)40(28-33-31-60(48(66)69-51(7,8)9)39-23-12-11-19-34(33)39)43(62)57-30-35-36(52)20-15-24-41(35)70-44-32(18-16-26-53-44)29-56-37(42(61)58-38)22-17-27-55-47(65)68-50(4,5)6/h11-12,15-16,18-20,23-24,26,31,37-38,40,56H,13-14,17,21-22,25,27-30H2,1-10H3,(H,54,64)(H,55,65)(H,57,62)(H,58,61)/t37-,38?,40-/m0/s1. The maximum atomic E-state index is 15.1. The van der Waals surface area contributed by atoms with Gasteiger partial charge in [-0.1, -0.05) is 58.0 Å². The van der Waals surface area contributed by atoms with Gasteiger partial charge in [-0.2, -0.15) is 0 Å². The number of para-hydroxylation sites is 1. The molecule has 0 fully saturated rings. The van der Waals surface area contributed by atoms with E-state index in [1.54, 1.807) is 86.8 Å². The average molecular weight is 1050 g/mol. The third-order valence-electron chi connectivity index (χ3n) is 10.9. The summed E-state index contributed by atoms with van der Waals surface area (Å²) in [5.41, 5.74) is 0.623. The highest BCUT2D eigenvalue weighted by Crippen LogP contribution is 2.35. The van der Waals surface area contributed by atoms with Crippen LogP contribution in [0.25, 0.3) is 10.9 Å². The monoisotopic (exact) mass is 1050 g/mol. The summed E-state index contributed by atoms with van der Waals surface area (Å²) >= 11 is 5.13. The Balaban J connectivity index is 1.55. The van der Waals surface area contributed by atoms with Crippen LogP contribution in [0.2, 0.25) is 0 Å². The van der Waals surface area contributed by atoms with Crippen LogP contribution in [0.4, 0.5) is 14.4 Å². The van der Waals surface area contributed by atoms with Crippen LogP contribution in [0, 0.1) is 0 Å². The molecule has 19 heteroatoms. The van der Waals surface area contributed by atoms with E-state index in [1.807, 2.05) is 42.5 Å². The lowest BCUT2D eigenvalue weighted by Crippen LogP contribution is -2.57. The Labute approximate surface area is 423 Å². The average Bonchev–Trinajstić information content (AvgIpc) is 3.63. The van der Waals surface area contributed by atoms with Gasteiger partial charge in [0.1, 0.15) is 33.9 Å². The number of benzene rings is 2. The van der Waals surface area contributed by atoms with Crippen LogP contribution in [0.1, 0.15) is 111 Å². The number of nitrogens with zero attached hydrogens (tertiary/aromatic N) is 3. The molecule has 2 aromatic heterocycles. The van der Waals surface area contributed by atoms with E-state index in [0.29, 0.717) is 40.8 Å². The minimum atomic E-state index is -1.14. The molecule has 5 N–H and O–H groups in total. The first-order chi connectivity index (χ1) is 32.9.